The lowest BCUT2D eigenvalue weighted by Crippen LogP contribution is -2.23. The van der Waals surface area contributed by atoms with Gasteiger partial charge < -0.3 is 4.74 Å². The van der Waals surface area contributed by atoms with Crippen molar-refractivity contribution in [2.45, 2.75) is 0 Å². The zero-order valence-electron chi connectivity index (χ0n) is 15.6. The number of nitrogens with zero attached hydrogens (tertiary/aromatic N) is 2. The monoisotopic (exact) mass is 486 g/mol. The third kappa shape index (κ3) is 3.92. The number of ether oxygens (including phenoxy) is 1. The molecule has 0 spiro atoms. The van der Waals surface area contributed by atoms with Gasteiger partial charge in [0.2, 0.25) is 0 Å². The number of aliphatic imine (C=N–C) groups is 1. The molecular weight excluding hydrogens is 472 g/mol. The van der Waals surface area contributed by atoms with Crippen LogP contribution in [0.25, 0.3) is 16.8 Å². The van der Waals surface area contributed by atoms with Crippen molar-refractivity contribution in [3.8, 4) is 5.75 Å². The molecule has 3 aromatic rings. The quantitative estimate of drug-likeness (QED) is 0.396. The summed E-state index contributed by atoms with van der Waals surface area (Å²) >= 11 is 10.9. The van der Waals surface area contributed by atoms with Crippen LogP contribution in [0, 0.1) is 0 Å². The van der Waals surface area contributed by atoms with Crippen molar-refractivity contribution in [3.05, 3.63) is 74.6 Å². The van der Waals surface area contributed by atoms with Crippen LogP contribution < -0.4 is 4.74 Å². The summed E-state index contributed by atoms with van der Waals surface area (Å²) < 4.78 is 6.35. The van der Waals surface area contributed by atoms with Crippen molar-refractivity contribution < 1.29 is 9.53 Å². The standard InChI is InChI=1S/C22H16BrClN2O2S/c1-26-21(27)20(29-22(26)25-14-8-9-17(23)18(24)11-14)12-16-15-6-4-3-5-13(15)7-10-19(16)28-2/h3-12H,1-2H3/b20-12+,25-22?. The lowest BCUT2D eigenvalue weighted by Gasteiger charge is -2.09. The predicted molar refractivity (Wildman–Crippen MR) is 125 cm³/mol. The van der Waals surface area contributed by atoms with Gasteiger partial charge in [-0.2, -0.15) is 0 Å². The number of fused-ring (bicyclic) bond motifs is 1. The minimum atomic E-state index is -0.105. The summed E-state index contributed by atoms with van der Waals surface area (Å²) in [5.74, 6) is 0.615. The fraction of sp³-hybridized carbons (Fsp3) is 0.0909. The molecule has 0 radical (unpaired) electrons. The summed E-state index contributed by atoms with van der Waals surface area (Å²) in [5, 5.41) is 3.28. The smallest absolute Gasteiger partial charge is 0.266 e. The van der Waals surface area contributed by atoms with Crippen molar-refractivity contribution in [2.75, 3.05) is 14.2 Å². The fourth-order valence-electron chi connectivity index (χ4n) is 3.05. The Morgan fingerprint density at radius 1 is 1.17 bits per heavy atom. The van der Waals surface area contributed by atoms with E-state index in [1.54, 1.807) is 25.1 Å². The SMILES string of the molecule is COc1ccc2ccccc2c1/C=C1/SC(=Nc2ccc(Br)c(Cl)c2)N(C)C1=O. The number of carbonyl (C=O) groups is 1. The molecule has 1 amide bonds. The first-order valence-electron chi connectivity index (χ1n) is 8.75. The average molecular weight is 488 g/mol. The second kappa shape index (κ2) is 8.22. The van der Waals surface area contributed by atoms with Gasteiger partial charge in [0.25, 0.3) is 5.91 Å². The summed E-state index contributed by atoms with van der Waals surface area (Å²) in [4.78, 5) is 19.6. The number of benzene rings is 3. The molecule has 0 aromatic heterocycles. The van der Waals surface area contributed by atoms with Crippen LogP contribution in [0.3, 0.4) is 0 Å². The minimum Gasteiger partial charge on any atom is -0.496 e. The molecule has 0 aliphatic carbocycles. The molecule has 1 saturated heterocycles. The van der Waals surface area contributed by atoms with Gasteiger partial charge in [-0.3, -0.25) is 9.69 Å². The molecule has 3 aromatic carbocycles. The molecule has 0 saturated carbocycles. The summed E-state index contributed by atoms with van der Waals surface area (Å²) in [7, 11) is 3.35. The molecule has 1 fully saturated rings. The van der Waals surface area contributed by atoms with E-state index >= 15 is 0 Å². The van der Waals surface area contributed by atoms with Crippen molar-refractivity contribution in [3.63, 3.8) is 0 Å². The van der Waals surface area contributed by atoms with Crippen LogP contribution in [-0.2, 0) is 4.79 Å². The Balaban J connectivity index is 1.76. The average Bonchev–Trinajstić information content (AvgIpc) is 2.99. The largest absolute Gasteiger partial charge is 0.496 e. The van der Waals surface area contributed by atoms with Gasteiger partial charge >= 0.3 is 0 Å². The molecule has 0 unspecified atom stereocenters. The molecule has 7 heteroatoms. The Morgan fingerprint density at radius 2 is 1.97 bits per heavy atom. The molecule has 4 nitrogen and oxygen atoms in total. The molecule has 146 valence electrons. The highest BCUT2D eigenvalue weighted by Gasteiger charge is 2.31. The Kier molecular flexibility index (Phi) is 5.67. The molecule has 1 heterocycles. The molecule has 0 atom stereocenters. The van der Waals surface area contributed by atoms with Crippen LogP contribution in [0.15, 0.2) is 69.0 Å². The first kappa shape index (κ1) is 20.0. The van der Waals surface area contributed by atoms with Crippen LogP contribution in [0.4, 0.5) is 5.69 Å². The van der Waals surface area contributed by atoms with E-state index in [1.807, 2.05) is 54.6 Å². The minimum absolute atomic E-state index is 0.105. The summed E-state index contributed by atoms with van der Waals surface area (Å²) in [6.45, 7) is 0. The van der Waals surface area contributed by atoms with E-state index in [2.05, 4.69) is 20.9 Å². The van der Waals surface area contributed by atoms with Crippen LogP contribution in [0.2, 0.25) is 5.02 Å². The number of carbonyl (C=O) groups excluding carboxylic acids is 1. The van der Waals surface area contributed by atoms with E-state index in [0.29, 0.717) is 20.8 Å². The van der Waals surface area contributed by atoms with Crippen molar-refractivity contribution >= 4 is 72.9 Å². The van der Waals surface area contributed by atoms with Crippen molar-refractivity contribution in [1.29, 1.82) is 0 Å². The van der Waals surface area contributed by atoms with Gasteiger partial charge in [-0.15, -0.1) is 0 Å². The van der Waals surface area contributed by atoms with E-state index in [9.17, 15) is 4.79 Å². The summed E-state index contributed by atoms with van der Waals surface area (Å²) in [6, 6.07) is 17.4. The topological polar surface area (TPSA) is 41.9 Å². The Labute approximate surface area is 186 Å². The summed E-state index contributed by atoms with van der Waals surface area (Å²) in [5.41, 5.74) is 1.56. The summed E-state index contributed by atoms with van der Waals surface area (Å²) in [6.07, 6.45) is 1.88. The molecule has 0 bridgehead atoms. The van der Waals surface area contributed by atoms with E-state index in [0.717, 1.165) is 26.6 Å². The predicted octanol–water partition coefficient (Wildman–Crippen LogP) is 6.50. The van der Waals surface area contributed by atoms with E-state index < -0.39 is 0 Å². The Hall–Kier alpha value is -2.28. The van der Waals surface area contributed by atoms with Gasteiger partial charge in [-0.05, 0) is 68.8 Å². The van der Waals surface area contributed by atoms with E-state index in [1.165, 1.54) is 11.8 Å². The zero-order chi connectivity index (χ0) is 20.5. The lowest BCUT2D eigenvalue weighted by molar-refractivity contribution is -0.121. The van der Waals surface area contributed by atoms with Crippen LogP contribution >= 0.6 is 39.3 Å². The van der Waals surface area contributed by atoms with Crippen LogP contribution in [0.1, 0.15) is 5.56 Å². The highest BCUT2D eigenvalue weighted by Crippen LogP contribution is 2.37. The maximum atomic E-state index is 12.8. The number of thioether (sulfide) groups is 1. The third-order valence-electron chi connectivity index (χ3n) is 4.56. The Morgan fingerprint density at radius 3 is 2.72 bits per heavy atom. The highest BCUT2D eigenvalue weighted by atomic mass is 79.9. The second-order valence-corrected chi connectivity index (χ2v) is 8.64. The van der Waals surface area contributed by atoms with Crippen molar-refractivity contribution in [2.24, 2.45) is 4.99 Å². The van der Waals surface area contributed by atoms with Gasteiger partial charge in [-0.1, -0.05) is 41.9 Å². The maximum Gasteiger partial charge on any atom is 0.266 e. The molecule has 0 N–H and O–H groups in total. The molecule has 29 heavy (non-hydrogen) atoms. The van der Waals surface area contributed by atoms with Gasteiger partial charge in [0, 0.05) is 17.1 Å². The first-order valence-corrected chi connectivity index (χ1v) is 10.7. The van der Waals surface area contributed by atoms with Gasteiger partial charge in [0.05, 0.1) is 22.7 Å². The zero-order valence-corrected chi connectivity index (χ0v) is 18.8. The number of amides is 1. The fourth-order valence-corrected chi connectivity index (χ4v) is 4.44. The van der Waals surface area contributed by atoms with Crippen LogP contribution in [0.5, 0.6) is 5.75 Å². The number of hydrogen-bond donors (Lipinski definition) is 0. The molecule has 4 rings (SSSR count). The third-order valence-corrected chi connectivity index (χ3v) is 6.85. The number of hydrogen-bond acceptors (Lipinski definition) is 4. The number of methoxy groups -OCH3 is 1. The second-order valence-electron chi connectivity index (χ2n) is 6.37. The van der Waals surface area contributed by atoms with Gasteiger partial charge in [-0.25, -0.2) is 4.99 Å². The molecule has 1 aliphatic heterocycles. The van der Waals surface area contributed by atoms with E-state index in [-0.39, 0.29) is 5.91 Å². The van der Waals surface area contributed by atoms with Gasteiger partial charge in [0.15, 0.2) is 5.17 Å². The highest BCUT2D eigenvalue weighted by molar-refractivity contribution is 9.10. The Bertz CT molecular complexity index is 1190. The maximum absolute atomic E-state index is 12.8. The van der Waals surface area contributed by atoms with Crippen molar-refractivity contribution in [1.82, 2.24) is 4.90 Å². The lowest BCUT2D eigenvalue weighted by atomic mass is 10.0. The molecular formula is C22H16BrClN2O2S. The number of halogens is 2. The van der Waals surface area contributed by atoms with Gasteiger partial charge in [0.1, 0.15) is 5.75 Å². The number of amidine groups is 1. The molecule has 1 aliphatic rings. The van der Waals surface area contributed by atoms with Crippen LogP contribution in [-0.4, -0.2) is 30.1 Å². The van der Waals surface area contributed by atoms with E-state index in [4.69, 9.17) is 16.3 Å². The number of likely N-dealkylation sites (N-methyl/N-ethyl adjacent to an activating group) is 1. The first-order chi connectivity index (χ1) is 14.0. The number of rotatable bonds is 3. The normalized spacial score (nSPS) is 17.0.